The standard InChI is InChI=1S/C26H29N3O3/c1-17-7-8-19(32-16-18-11-14-29(18)2)15-21(17)25(30)28-26(12-13-26)22-5-4-6-23-20(22)9-10-24(27-23)31-3/h4-10,15,18H,11-14,16H2,1-3H3,(H,28,30). The molecule has 0 radical (unpaired) electrons. The Morgan fingerprint density at radius 3 is 2.75 bits per heavy atom. The van der Waals surface area contributed by atoms with E-state index in [1.165, 1.54) is 0 Å². The Bertz CT molecular complexity index is 1170. The molecule has 166 valence electrons. The molecule has 2 aromatic carbocycles. The number of amides is 1. The average Bonchev–Trinajstić information content (AvgIpc) is 3.58. The topological polar surface area (TPSA) is 63.7 Å². The van der Waals surface area contributed by atoms with Crippen molar-refractivity contribution in [3.05, 3.63) is 65.2 Å². The second-order valence-electron chi connectivity index (χ2n) is 8.97. The van der Waals surface area contributed by atoms with Crippen molar-refractivity contribution in [2.24, 2.45) is 0 Å². The molecule has 2 fully saturated rings. The number of likely N-dealkylation sites (N-methyl/N-ethyl adjacent to an activating group) is 1. The highest BCUT2D eigenvalue weighted by molar-refractivity contribution is 5.97. The molecule has 6 nitrogen and oxygen atoms in total. The fourth-order valence-electron chi connectivity index (χ4n) is 4.45. The van der Waals surface area contributed by atoms with Crippen LogP contribution in [0.3, 0.4) is 0 Å². The number of hydrogen-bond donors (Lipinski definition) is 1. The summed E-state index contributed by atoms with van der Waals surface area (Å²) in [5, 5.41) is 4.37. The van der Waals surface area contributed by atoms with Crippen molar-refractivity contribution in [1.29, 1.82) is 0 Å². The first kappa shape index (κ1) is 20.8. The molecule has 1 aliphatic heterocycles. The minimum absolute atomic E-state index is 0.0651. The van der Waals surface area contributed by atoms with Crippen LogP contribution in [0.5, 0.6) is 11.6 Å². The van der Waals surface area contributed by atoms with Crippen LogP contribution in [0.15, 0.2) is 48.5 Å². The third kappa shape index (κ3) is 3.79. The van der Waals surface area contributed by atoms with Crippen LogP contribution in [0.4, 0.5) is 0 Å². The highest BCUT2D eigenvalue weighted by Crippen LogP contribution is 2.48. The first-order valence-electron chi connectivity index (χ1n) is 11.2. The molecule has 1 atom stereocenters. The first-order chi connectivity index (χ1) is 15.5. The SMILES string of the molecule is COc1ccc2c(C3(NC(=O)c4cc(OCC5CCN5C)ccc4C)CC3)cccc2n1. The fourth-order valence-corrected chi connectivity index (χ4v) is 4.45. The third-order valence-corrected chi connectivity index (χ3v) is 6.87. The summed E-state index contributed by atoms with van der Waals surface area (Å²) in [6.45, 7) is 3.73. The van der Waals surface area contributed by atoms with Gasteiger partial charge in [0.15, 0.2) is 0 Å². The van der Waals surface area contributed by atoms with Gasteiger partial charge in [-0.15, -0.1) is 0 Å². The van der Waals surface area contributed by atoms with Gasteiger partial charge >= 0.3 is 0 Å². The monoisotopic (exact) mass is 431 g/mol. The maximum absolute atomic E-state index is 13.3. The summed E-state index contributed by atoms with van der Waals surface area (Å²) in [5.74, 6) is 1.26. The zero-order valence-corrected chi connectivity index (χ0v) is 18.9. The number of likely N-dealkylation sites (tertiary alicyclic amines) is 1. The number of nitrogens with one attached hydrogen (secondary N) is 1. The maximum atomic E-state index is 13.3. The van der Waals surface area contributed by atoms with Crippen molar-refractivity contribution in [2.45, 2.75) is 37.8 Å². The van der Waals surface area contributed by atoms with E-state index in [4.69, 9.17) is 9.47 Å². The van der Waals surface area contributed by atoms with Gasteiger partial charge in [-0.1, -0.05) is 18.2 Å². The number of hydrogen-bond acceptors (Lipinski definition) is 5. The predicted molar refractivity (Wildman–Crippen MR) is 124 cm³/mol. The summed E-state index contributed by atoms with van der Waals surface area (Å²) in [4.78, 5) is 20.2. The Kier molecular flexibility index (Phi) is 5.25. The van der Waals surface area contributed by atoms with E-state index in [1.54, 1.807) is 7.11 Å². The van der Waals surface area contributed by atoms with E-state index in [1.807, 2.05) is 49.4 Å². The molecule has 2 aliphatic rings. The van der Waals surface area contributed by atoms with Crippen molar-refractivity contribution in [1.82, 2.24) is 15.2 Å². The van der Waals surface area contributed by atoms with Crippen LogP contribution in [0.25, 0.3) is 10.9 Å². The van der Waals surface area contributed by atoms with Crippen molar-refractivity contribution < 1.29 is 14.3 Å². The van der Waals surface area contributed by atoms with Crippen LogP contribution in [-0.4, -0.2) is 49.1 Å². The van der Waals surface area contributed by atoms with Crippen LogP contribution in [-0.2, 0) is 5.54 Å². The van der Waals surface area contributed by atoms with Crippen LogP contribution < -0.4 is 14.8 Å². The zero-order chi connectivity index (χ0) is 22.3. The van der Waals surface area contributed by atoms with Crippen molar-refractivity contribution in [2.75, 3.05) is 27.3 Å². The highest BCUT2D eigenvalue weighted by atomic mass is 16.5. The fraction of sp³-hybridized carbons (Fsp3) is 0.385. The number of aryl methyl sites for hydroxylation is 1. The van der Waals surface area contributed by atoms with Crippen LogP contribution >= 0.6 is 0 Å². The van der Waals surface area contributed by atoms with Gasteiger partial charge in [0, 0.05) is 23.1 Å². The normalized spacial score (nSPS) is 19.3. The molecule has 1 unspecified atom stereocenters. The summed E-state index contributed by atoms with van der Waals surface area (Å²) < 4.78 is 11.3. The smallest absolute Gasteiger partial charge is 0.252 e. The van der Waals surface area contributed by atoms with E-state index in [9.17, 15) is 4.79 Å². The molecule has 1 saturated heterocycles. The number of benzene rings is 2. The number of carbonyl (C=O) groups excluding carboxylic acids is 1. The minimum atomic E-state index is -0.356. The van der Waals surface area contributed by atoms with Gasteiger partial charge in [0.25, 0.3) is 5.91 Å². The lowest BCUT2D eigenvalue weighted by atomic mass is 9.98. The number of pyridine rings is 1. The Morgan fingerprint density at radius 2 is 2.06 bits per heavy atom. The molecule has 32 heavy (non-hydrogen) atoms. The minimum Gasteiger partial charge on any atom is -0.492 e. The summed E-state index contributed by atoms with van der Waals surface area (Å²) >= 11 is 0. The molecule has 1 N–H and O–H groups in total. The summed E-state index contributed by atoms with van der Waals surface area (Å²) in [5.41, 5.74) is 3.23. The molecular weight excluding hydrogens is 402 g/mol. The summed E-state index contributed by atoms with van der Waals surface area (Å²) in [7, 11) is 3.73. The van der Waals surface area contributed by atoms with Gasteiger partial charge in [-0.2, -0.15) is 0 Å². The number of aromatic nitrogens is 1. The van der Waals surface area contributed by atoms with Crippen molar-refractivity contribution in [3.63, 3.8) is 0 Å². The predicted octanol–water partition coefficient (Wildman–Crippen LogP) is 4.05. The van der Waals surface area contributed by atoms with E-state index < -0.39 is 0 Å². The van der Waals surface area contributed by atoms with E-state index in [-0.39, 0.29) is 11.4 Å². The number of methoxy groups -OCH3 is 1. The molecule has 0 bridgehead atoms. The average molecular weight is 432 g/mol. The highest BCUT2D eigenvalue weighted by Gasteiger charge is 2.47. The second kappa shape index (κ2) is 8.10. The number of carbonyl (C=O) groups is 1. The molecule has 1 aliphatic carbocycles. The lowest BCUT2D eigenvalue weighted by molar-refractivity contribution is 0.0767. The lowest BCUT2D eigenvalue weighted by Crippen LogP contribution is -2.48. The number of nitrogens with zero attached hydrogens (tertiary/aromatic N) is 2. The van der Waals surface area contributed by atoms with Gasteiger partial charge < -0.3 is 14.8 Å². The second-order valence-corrected chi connectivity index (χ2v) is 8.97. The molecule has 6 heteroatoms. The largest absolute Gasteiger partial charge is 0.492 e. The number of ether oxygens (including phenoxy) is 2. The first-order valence-corrected chi connectivity index (χ1v) is 11.2. The zero-order valence-electron chi connectivity index (χ0n) is 18.9. The van der Waals surface area contributed by atoms with Gasteiger partial charge in [-0.3, -0.25) is 9.69 Å². The molecule has 1 saturated carbocycles. The Morgan fingerprint density at radius 1 is 1.22 bits per heavy atom. The number of rotatable bonds is 7. The van der Waals surface area contributed by atoms with E-state index >= 15 is 0 Å². The lowest BCUT2D eigenvalue weighted by Gasteiger charge is -2.37. The molecule has 3 aromatic rings. The molecule has 5 rings (SSSR count). The Hall–Kier alpha value is -3.12. The number of fused-ring (bicyclic) bond motifs is 1. The molecule has 0 spiro atoms. The van der Waals surface area contributed by atoms with Gasteiger partial charge in [-0.05, 0) is 75.2 Å². The molecule has 1 amide bonds. The van der Waals surface area contributed by atoms with Gasteiger partial charge in [0.2, 0.25) is 5.88 Å². The van der Waals surface area contributed by atoms with Crippen LogP contribution in [0.2, 0.25) is 0 Å². The van der Waals surface area contributed by atoms with Gasteiger partial charge in [-0.25, -0.2) is 4.98 Å². The van der Waals surface area contributed by atoms with Gasteiger partial charge in [0.05, 0.1) is 18.2 Å². The summed E-state index contributed by atoms with van der Waals surface area (Å²) in [6.07, 6.45) is 2.98. The van der Waals surface area contributed by atoms with E-state index in [2.05, 4.69) is 28.3 Å². The quantitative estimate of drug-likeness (QED) is 0.611. The summed E-state index contributed by atoms with van der Waals surface area (Å²) in [6, 6.07) is 16.2. The van der Waals surface area contributed by atoms with E-state index in [0.717, 1.165) is 53.6 Å². The molecule has 2 heterocycles. The van der Waals surface area contributed by atoms with E-state index in [0.29, 0.717) is 24.1 Å². The maximum Gasteiger partial charge on any atom is 0.252 e. The molecule has 1 aromatic heterocycles. The van der Waals surface area contributed by atoms with Crippen LogP contribution in [0, 0.1) is 6.92 Å². The van der Waals surface area contributed by atoms with Crippen LogP contribution in [0.1, 0.15) is 40.7 Å². The molecular formula is C26H29N3O3. The van der Waals surface area contributed by atoms with Gasteiger partial charge in [0.1, 0.15) is 12.4 Å². The Balaban J connectivity index is 1.37. The van der Waals surface area contributed by atoms with Crippen molar-refractivity contribution >= 4 is 16.8 Å². The Labute approximate surface area is 188 Å². The van der Waals surface area contributed by atoms with Crippen molar-refractivity contribution in [3.8, 4) is 11.6 Å². The third-order valence-electron chi connectivity index (χ3n) is 6.87.